The minimum Gasteiger partial charge on any atom is -0.323 e. The van der Waals surface area contributed by atoms with E-state index < -0.39 is 0 Å². The molecule has 0 aliphatic carbocycles. The first kappa shape index (κ1) is 16.2. The summed E-state index contributed by atoms with van der Waals surface area (Å²) >= 11 is 0. The van der Waals surface area contributed by atoms with Gasteiger partial charge in [0.05, 0.1) is 0 Å². The number of benzene rings is 1. The highest BCUT2D eigenvalue weighted by atomic mass is 15.1. The molecule has 0 heterocycles. The molecule has 0 aromatic heterocycles. The topological polar surface area (TPSA) is 29.3 Å². The summed E-state index contributed by atoms with van der Waals surface area (Å²) in [6.07, 6.45) is 5.04. The van der Waals surface area contributed by atoms with Crippen molar-refractivity contribution in [3.05, 3.63) is 35.4 Å². The molecule has 1 rings (SSSR count). The molecule has 2 nitrogen and oxygen atoms in total. The largest absolute Gasteiger partial charge is 0.323 e. The Kier molecular flexibility index (Phi) is 7.76. The van der Waals surface area contributed by atoms with Gasteiger partial charge in [-0.05, 0) is 44.0 Å². The Morgan fingerprint density at radius 1 is 1.05 bits per heavy atom. The van der Waals surface area contributed by atoms with Gasteiger partial charge in [-0.3, -0.25) is 0 Å². The summed E-state index contributed by atoms with van der Waals surface area (Å²) < 4.78 is 0. The molecule has 2 N–H and O–H groups in total. The van der Waals surface area contributed by atoms with Gasteiger partial charge in [-0.2, -0.15) is 0 Å². The minimum atomic E-state index is 0.134. The van der Waals surface area contributed by atoms with Gasteiger partial charge in [0, 0.05) is 12.6 Å². The Bertz CT molecular complexity index is 341. The highest BCUT2D eigenvalue weighted by molar-refractivity contribution is 5.28. The van der Waals surface area contributed by atoms with E-state index in [0.29, 0.717) is 0 Å². The number of unbranched alkanes of at least 4 members (excludes halogenated alkanes) is 2. The molecule has 0 saturated heterocycles. The number of hydrogen-bond donors (Lipinski definition) is 1. The Morgan fingerprint density at radius 3 is 2.16 bits per heavy atom. The molecule has 0 aliphatic rings. The van der Waals surface area contributed by atoms with Crippen LogP contribution in [0.1, 0.15) is 56.7 Å². The summed E-state index contributed by atoms with van der Waals surface area (Å²) in [5, 5.41) is 0. The highest BCUT2D eigenvalue weighted by Crippen LogP contribution is 2.16. The van der Waals surface area contributed by atoms with Crippen molar-refractivity contribution in [3.8, 4) is 0 Å². The summed E-state index contributed by atoms with van der Waals surface area (Å²) in [6.45, 7) is 9.98. The van der Waals surface area contributed by atoms with Crippen LogP contribution in [0.15, 0.2) is 24.3 Å². The van der Waals surface area contributed by atoms with Crippen molar-refractivity contribution in [2.45, 2.75) is 52.5 Å². The summed E-state index contributed by atoms with van der Waals surface area (Å²) in [6, 6.07) is 8.62. The van der Waals surface area contributed by atoms with Crippen molar-refractivity contribution >= 4 is 0 Å². The lowest BCUT2D eigenvalue weighted by Gasteiger charge is -2.26. The van der Waals surface area contributed by atoms with E-state index in [-0.39, 0.29) is 6.04 Å². The quantitative estimate of drug-likeness (QED) is 0.731. The standard InChI is InChI=1S/C17H30N2/c1-4-6-12-19(13-7-5-2)14-17(18)16-11-9-8-10-15(16)3/h8-11,17H,4-7,12-14,18H2,1-3H3. The van der Waals surface area contributed by atoms with Crippen LogP contribution in [0, 0.1) is 6.92 Å². The second kappa shape index (κ2) is 9.11. The molecule has 108 valence electrons. The molecule has 1 atom stereocenters. The van der Waals surface area contributed by atoms with Gasteiger partial charge in [0.25, 0.3) is 0 Å². The zero-order valence-electron chi connectivity index (χ0n) is 12.9. The first-order valence-electron chi connectivity index (χ1n) is 7.72. The fraction of sp³-hybridized carbons (Fsp3) is 0.647. The van der Waals surface area contributed by atoms with Crippen molar-refractivity contribution in [1.29, 1.82) is 0 Å². The van der Waals surface area contributed by atoms with Gasteiger partial charge in [-0.15, -0.1) is 0 Å². The maximum atomic E-state index is 6.40. The lowest BCUT2D eigenvalue weighted by Crippen LogP contribution is -2.34. The van der Waals surface area contributed by atoms with Crippen LogP contribution in [0.25, 0.3) is 0 Å². The van der Waals surface area contributed by atoms with E-state index in [2.05, 4.69) is 49.9 Å². The monoisotopic (exact) mass is 262 g/mol. The maximum absolute atomic E-state index is 6.40. The van der Waals surface area contributed by atoms with E-state index in [1.165, 1.54) is 49.9 Å². The van der Waals surface area contributed by atoms with Crippen LogP contribution in [0.4, 0.5) is 0 Å². The molecule has 0 aliphatic heterocycles. The van der Waals surface area contributed by atoms with Gasteiger partial charge in [-0.1, -0.05) is 51.0 Å². The predicted octanol–water partition coefficient (Wildman–Crippen LogP) is 3.90. The molecule has 19 heavy (non-hydrogen) atoms. The zero-order chi connectivity index (χ0) is 14.1. The summed E-state index contributed by atoms with van der Waals surface area (Å²) in [4.78, 5) is 2.53. The van der Waals surface area contributed by atoms with Crippen LogP contribution in [-0.2, 0) is 0 Å². The number of aryl methyl sites for hydroxylation is 1. The molecular formula is C17H30N2. The molecular weight excluding hydrogens is 232 g/mol. The fourth-order valence-electron chi connectivity index (χ4n) is 2.44. The number of nitrogens with zero attached hydrogens (tertiary/aromatic N) is 1. The second-order valence-electron chi connectivity index (χ2n) is 5.47. The van der Waals surface area contributed by atoms with E-state index in [1.807, 2.05) is 0 Å². The highest BCUT2D eigenvalue weighted by Gasteiger charge is 2.13. The van der Waals surface area contributed by atoms with Crippen LogP contribution in [0.5, 0.6) is 0 Å². The first-order valence-corrected chi connectivity index (χ1v) is 7.72. The van der Waals surface area contributed by atoms with Crippen molar-refractivity contribution < 1.29 is 0 Å². The van der Waals surface area contributed by atoms with Gasteiger partial charge >= 0.3 is 0 Å². The average Bonchev–Trinajstić information content (AvgIpc) is 2.42. The molecule has 0 saturated carbocycles. The van der Waals surface area contributed by atoms with Gasteiger partial charge in [0.15, 0.2) is 0 Å². The van der Waals surface area contributed by atoms with Gasteiger partial charge in [0.1, 0.15) is 0 Å². The van der Waals surface area contributed by atoms with Gasteiger partial charge in [0.2, 0.25) is 0 Å². The molecule has 0 bridgehead atoms. The number of nitrogens with two attached hydrogens (primary N) is 1. The third-order valence-electron chi connectivity index (χ3n) is 3.70. The zero-order valence-corrected chi connectivity index (χ0v) is 12.9. The second-order valence-corrected chi connectivity index (χ2v) is 5.47. The molecule has 1 unspecified atom stereocenters. The van der Waals surface area contributed by atoms with Crippen LogP contribution >= 0.6 is 0 Å². The van der Waals surface area contributed by atoms with Crippen molar-refractivity contribution in [3.63, 3.8) is 0 Å². The lowest BCUT2D eigenvalue weighted by molar-refractivity contribution is 0.249. The fourth-order valence-corrected chi connectivity index (χ4v) is 2.44. The Hall–Kier alpha value is -0.860. The molecule has 0 fully saturated rings. The molecule has 0 radical (unpaired) electrons. The predicted molar refractivity (Wildman–Crippen MR) is 84.4 cm³/mol. The molecule has 2 heteroatoms. The van der Waals surface area contributed by atoms with Crippen LogP contribution in [-0.4, -0.2) is 24.5 Å². The first-order chi connectivity index (χ1) is 9.19. The smallest absolute Gasteiger partial charge is 0.0426 e. The van der Waals surface area contributed by atoms with E-state index in [1.54, 1.807) is 0 Å². The Balaban J connectivity index is 2.59. The third kappa shape index (κ3) is 5.75. The van der Waals surface area contributed by atoms with Gasteiger partial charge in [-0.25, -0.2) is 0 Å². The van der Waals surface area contributed by atoms with Crippen LogP contribution in [0.3, 0.4) is 0 Å². The van der Waals surface area contributed by atoms with E-state index in [0.717, 1.165) is 6.54 Å². The summed E-state index contributed by atoms with van der Waals surface area (Å²) in [7, 11) is 0. The van der Waals surface area contributed by atoms with Crippen molar-refractivity contribution in [2.75, 3.05) is 19.6 Å². The average molecular weight is 262 g/mol. The Labute approximate surface area is 119 Å². The SMILES string of the molecule is CCCCN(CCCC)CC(N)c1ccccc1C. The molecule has 1 aromatic carbocycles. The molecule has 1 aromatic rings. The minimum absolute atomic E-state index is 0.134. The third-order valence-corrected chi connectivity index (χ3v) is 3.70. The maximum Gasteiger partial charge on any atom is 0.0426 e. The van der Waals surface area contributed by atoms with E-state index in [4.69, 9.17) is 5.73 Å². The summed E-state index contributed by atoms with van der Waals surface area (Å²) in [5.74, 6) is 0. The van der Waals surface area contributed by atoms with Crippen molar-refractivity contribution in [2.24, 2.45) is 5.73 Å². The van der Waals surface area contributed by atoms with Crippen molar-refractivity contribution in [1.82, 2.24) is 4.90 Å². The molecule has 0 spiro atoms. The van der Waals surface area contributed by atoms with Gasteiger partial charge < -0.3 is 10.6 Å². The number of rotatable bonds is 9. The van der Waals surface area contributed by atoms with E-state index >= 15 is 0 Å². The van der Waals surface area contributed by atoms with Crippen LogP contribution in [0.2, 0.25) is 0 Å². The molecule has 0 amide bonds. The van der Waals surface area contributed by atoms with Crippen LogP contribution < -0.4 is 5.73 Å². The lowest BCUT2D eigenvalue weighted by atomic mass is 10.0. The number of hydrogen-bond acceptors (Lipinski definition) is 2. The normalized spacial score (nSPS) is 12.9. The summed E-state index contributed by atoms with van der Waals surface area (Å²) in [5.41, 5.74) is 9.00. The van der Waals surface area contributed by atoms with E-state index in [9.17, 15) is 0 Å². The Morgan fingerprint density at radius 2 is 1.63 bits per heavy atom.